The monoisotopic (exact) mass is 1050 g/mol. The highest BCUT2D eigenvalue weighted by Gasteiger charge is 2.39. The van der Waals surface area contributed by atoms with Crippen LogP contribution in [0.5, 0.6) is 0 Å². The van der Waals surface area contributed by atoms with Crippen molar-refractivity contribution in [2.24, 2.45) is 0 Å². The van der Waals surface area contributed by atoms with E-state index in [-0.39, 0.29) is 36.2 Å². The highest BCUT2D eigenvalue weighted by Crippen LogP contribution is 2.47. The molecule has 9 aromatic rings. The van der Waals surface area contributed by atoms with Crippen LogP contribution in [-0.2, 0) is 6.54 Å². The summed E-state index contributed by atoms with van der Waals surface area (Å²) in [5.74, 6) is 1.48. The summed E-state index contributed by atoms with van der Waals surface area (Å²) < 4.78 is 0. The molecule has 4 amide bonds. The van der Waals surface area contributed by atoms with Crippen LogP contribution in [0.1, 0.15) is 163 Å². The molecular weight excluding hydrogens is 989 g/mol. The first kappa shape index (κ1) is 51.1. The van der Waals surface area contributed by atoms with Gasteiger partial charge in [0.15, 0.2) is 0 Å². The molecule has 0 aromatic heterocycles. The Morgan fingerprint density at radius 3 is 1.20 bits per heavy atom. The van der Waals surface area contributed by atoms with Crippen LogP contribution in [0.4, 0.5) is 0 Å². The number of carbonyl (C=O) groups excluding carboxylic acids is 4. The maximum atomic E-state index is 15.0. The number of unbranched alkanes of at least 4 members (excludes halogenated alkanes) is 14. The van der Waals surface area contributed by atoms with E-state index in [1.807, 2.05) is 91.7 Å². The van der Waals surface area contributed by atoms with Crippen molar-refractivity contribution in [3.63, 3.8) is 0 Å². The highest BCUT2D eigenvalue weighted by atomic mass is 33.1. The van der Waals surface area contributed by atoms with Crippen molar-refractivity contribution < 1.29 is 19.2 Å². The molecule has 0 N–H and O–H groups in total. The summed E-state index contributed by atoms with van der Waals surface area (Å²) in [6, 6.07) is 34.6. The minimum atomic E-state index is -0.308. The van der Waals surface area contributed by atoms with Gasteiger partial charge in [-0.15, -0.1) is 0 Å². The molecule has 2 heterocycles. The van der Waals surface area contributed by atoms with Crippen molar-refractivity contribution in [2.45, 2.75) is 128 Å². The van der Waals surface area contributed by atoms with Gasteiger partial charge in [-0.3, -0.25) is 29.0 Å². The second-order valence-electron chi connectivity index (χ2n) is 20.8. The van der Waals surface area contributed by atoms with Crippen molar-refractivity contribution in [2.75, 3.05) is 24.0 Å². The van der Waals surface area contributed by atoms with E-state index in [0.29, 0.717) is 27.6 Å². The Morgan fingerprint density at radius 1 is 0.365 bits per heavy atom. The lowest BCUT2D eigenvalue weighted by molar-refractivity contribution is 0.0514. The second kappa shape index (κ2) is 23.1. The average molecular weight is 1060 g/mol. The number of hydrogen-bond donors (Lipinski definition) is 0. The van der Waals surface area contributed by atoms with Gasteiger partial charge in [0.25, 0.3) is 23.6 Å². The molecule has 2 aliphatic rings. The van der Waals surface area contributed by atoms with E-state index in [9.17, 15) is 19.2 Å². The van der Waals surface area contributed by atoms with E-state index in [4.69, 9.17) is 0 Å². The summed E-state index contributed by atoms with van der Waals surface area (Å²) in [5.41, 5.74) is 3.10. The number of hydrogen-bond acceptors (Lipinski definition) is 8. The van der Waals surface area contributed by atoms with Gasteiger partial charge in [-0.1, -0.05) is 212 Å². The lowest BCUT2D eigenvalue weighted by Gasteiger charge is -2.35. The van der Waals surface area contributed by atoms with Crippen molar-refractivity contribution in [3.8, 4) is 0 Å². The molecule has 74 heavy (non-hydrogen) atoms. The Kier molecular flexibility index (Phi) is 15.9. The zero-order valence-corrected chi connectivity index (χ0v) is 46.2. The quantitative estimate of drug-likeness (QED) is 0.0166. The number of rotatable bonds is 27. The number of imide groups is 2. The summed E-state index contributed by atoms with van der Waals surface area (Å²) in [4.78, 5) is 62.4. The van der Waals surface area contributed by atoms with Crippen molar-refractivity contribution in [1.82, 2.24) is 9.80 Å². The van der Waals surface area contributed by atoms with Gasteiger partial charge < -0.3 is 0 Å². The van der Waals surface area contributed by atoms with Crippen LogP contribution >= 0.6 is 43.2 Å². The van der Waals surface area contributed by atoms with E-state index in [1.54, 1.807) is 4.90 Å². The second-order valence-corrected chi connectivity index (χ2v) is 26.1. The van der Waals surface area contributed by atoms with E-state index < -0.39 is 0 Å². The first-order valence-electron chi connectivity index (χ1n) is 27.3. The Bertz CT molecular complexity index is 3390. The molecule has 0 saturated heterocycles. The summed E-state index contributed by atoms with van der Waals surface area (Å²) in [6.07, 6.45) is 25.4. The number of fused-ring (bicyclic) bond motifs is 2. The van der Waals surface area contributed by atoms with Gasteiger partial charge in [-0.25, -0.2) is 0 Å². The maximum Gasteiger partial charge on any atom is 0.261 e. The fraction of sp³-hybridized carbons (Fsp3) is 0.375. The third-order valence-corrected chi connectivity index (χ3v) is 20.1. The molecule has 0 fully saturated rings. The number of benzene rings is 9. The van der Waals surface area contributed by atoms with E-state index in [0.717, 1.165) is 98.0 Å². The van der Waals surface area contributed by atoms with Crippen LogP contribution < -0.4 is 0 Å². The number of carbonyl (C=O) groups is 4. The predicted octanol–water partition coefficient (Wildman–Crippen LogP) is 18.4. The first-order chi connectivity index (χ1) is 36.4. The fourth-order valence-electron chi connectivity index (χ4n) is 12.7. The van der Waals surface area contributed by atoms with Gasteiger partial charge in [-0.05, 0) is 133 Å². The van der Waals surface area contributed by atoms with Gasteiger partial charge in [-0.2, -0.15) is 0 Å². The van der Waals surface area contributed by atoms with E-state index in [1.165, 1.54) is 110 Å². The zero-order chi connectivity index (χ0) is 50.7. The molecule has 380 valence electrons. The summed E-state index contributed by atoms with van der Waals surface area (Å²) >= 11 is 0. The first-order valence-corrected chi connectivity index (χ1v) is 32.8. The number of amides is 4. The van der Waals surface area contributed by atoms with Crippen molar-refractivity contribution in [1.29, 1.82) is 0 Å². The van der Waals surface area contributed by atoms with Gasteiger partial charge in [0, 0.05) is 50.6 Å². The van der Waals surface area contributed by atoms with E-state index in [2.05, 4.69) is 67.1 Å². The van der Waals surface area contributed by atoms with Crippen molar-refractivity contribution in [3.05, 3.63) is 131 Å². The summed E-state index contributed by atoms with van der Waals surface area (Å²) in [6.45, 7) is 0.153. The Morgan fingerprint density at radius 2 is 0.743 bits per heavy atom. The molecular formula is C64H66N2O4S4. The minimum absolute atomic E-state index is 0.145. The van der Waals surface area contributed by atoms with Crippen LogP contribution in [0, 0.1) is 0 Å². The average Bonchev–Trinajstić information content (AvgIpc) is 3.42. The molecule has 0 aliphatic carbocycles. The fourth-order valence-corrected chi connectivity index (χ4v) is 15.4. The normalized spacial score (nSPS) is 14.0. The third kappa shape index (κ3) is 9.64. The maximum absolute atomic E-state index is 15.0. The van der Waals surface area contributed by atoms with E-state index >= 15 is 0 Å². The molecule has 11 rings (SSSR count). The molecule has 0 atom stereocenters. The molecule has 0 bridgehead atoms. The van der Waals surface area contributed by atoms with Gasteiger partial charge in [0.05, 0.1) is 6.54 Å². The molecule has 9 aromatic carbocycles. The highest BCUT2D eigenvalue weighted by molar-refractivity contribution is 8.76. The summed E-state index contributed by atoms with van der Waals surface area (Å²) in [5, 5.41) is 13.6. The summed E-state index contributed by atoms with van der Waals surface area (Å²) in [7, 11) is 7.62. The van der Waals surface area contributed by atoms with Crippen LogP contribution in [-0.4, -0.2) is 63.5 Å². The van der Waals surface area contributed by atoms with Gasteiger partial charge in [0.1, 0.15) is 0 Å². The third-order valence-electron chi connectivity index (χ3n) is 16.3. The predicted molar refractivity (Wildman–Crippen MR) is 321 cm³/mol. The lowest BCUT2D eigenvalue weighted by atomic mass is 9.82. The lowest BCUT2D eigenvalue weighted by Crippen LogP contribution is -2.47. The van der Waals surface area contributed by atoms with Crippen LogP contribution in [0.3, 0.4) is 0 Å². The minimum Gasteiger partial charge on any atom is -0.271 e. The molecule has 0 radical (unpaired) electrons. The standard InChI is InChI=1S/C64H66N2O4S4/c1-71-73-38-17-13-9-5-3-7-11-15-22-45(23-16-12-8-4-6-10-14-18-39-74-72-2)66-63(69)53-36-32-49-47-30-34-51-59-52(35-31-48(57(47)59)50-33-37-54(64(66)70)60(53)58(49)50)62(68)65(61(51)67)40-44-27-26-43-25-24-41-20-19-21-42-28-29-46(44)56(43)55(41)42/h19-21,24-37,45H,3-18,22-23,38-40H2,1-2H3. The molecule has 2 aliphatic heterocycles. The van der Waals surface area contributed by atoms with Crippen molar-refractivity contribution >= 4 is 142 Å². The molecule has 6 nitrogen and oxygen atoms in total. The molecule has 0 saturated carbocycles. The van der Waals surface area contributed by atoms with Crippen LogP contribution in [0.25, 0.3) is 75.4 Å². The molecule has 10 heteroatoms. The Hall–Kier alpha value is -5.00. The Balaban J connectivity index is 0.851. The van der Waals surface area contributed by atoms with Crippen LogP contribution in [0.2, 0.25) is 0 Å². The molecule has 0 spiro atoms. The Labute approximate surface area is 451 Å². The zero-order valence-electron chi connectivity index (χ0n) is 42.9. The largest absolute Gasteiger partial charge is 0.271 e. The van der Waals surface area contributed by atoms with Gasteiger partial charge in [0.2, 0.25) is 0 Å². The smallest absolute Gasteiger partial charge is 0.261 e. The SMILES string of the molecule is CSSCCCCCCCCCCC(CCCCCCCCCCSSC)N1C(=O)c2ccc3c4ccc5c6c(ccc(c7ccc(c2c37)C1=O)c64)C(=O)N(Cc1ccc2ccc3cccc4ccc1c2c34)C5=O. The van der Waals surface area contributed by atoms with Gasteiger partial charge >= 0.3 is 0 Å². The topological polar surface area (TPSA) is 74.8 Å². The number of nitrogens with zero attached hydrogens (tertiary/aromatic N) is 2. The molecule has 0 unspecified atom stereocenters. The van der Waals surface area contributed by atoms with Crippen LogP contribution in [0.15, 0.2) is 103 Å².